The molecule has 1 fully saturated rings. The van der Waals surface area contributed by atoms with Crippen LogP contribution in [0.15, 0.2) is 18.2 Å². The summed E-state index contributed by atoms with van der Waals surface area (Å²) in [4.78, 5) is 0. The molecule has 0 radical (unpaired) electrons. The van der Waals surface area contributed by atoms with Gasteiger partial charge in [0.15, 0.2) is 0 Å². The summed E-state index contributed by atoms with van der Waals surface area (Å²) in [5.41, 5.74) is 1.52. The molecular weight excluding hydrogens is 226 g/mol. The quantitative estimate of drug-likeness (QED) is 0.834. The Balaban J connectivity index is 1.92. The first-order valence-corrected chi connectivity index (χ1v) is 6.39. The zero-order chi connectivity index (χ0) is 12.8. The fourth-order valence-corrected chi connectivity index (χ4v) is 2.28. The molecule has 1 unspecified atom stereocenters. The summed E-state index contributed by atoms with van der Waals surface area (Å²) in [7, 11) is 1.63. The molecule has 1 aliphatic rings. The third-order valence-electron chi connectivity index (χ3n) is 3.32. The lowest BCUT2D eigenvalue weighted by Gasteiger charge is -2.13. The van der Waals surface area contributed by atoms with Gasteiger partial charge in [-0.3, -0.25) is 0 Å². The van der Waals surface area contributed by atoms with Gasteiger partial charge in [-0.1, -0.05) is 0 Å². The number of anilines is 1. The van der Waals surface area contributed by atoms with E-state index in [-0.39, 0.29) is 0 Å². The van der Waals surface area contributed by atoms with Crippen molar-refractivity contribution in [2.75, 3.05) is 25.5 Å². The fourth-order valence-electron chi connectivity index (χ4n) is 2.28. The smallest absolute Gasteiger partial charge is 0.121 e. The average molecular weight is 245 g/mol. The first kappa shape index (κ1) is 12.7. The molecule has 1 atom stereocenters. The maximum absolute atomic E-state index is 9.05. The molecule has 1 saturated heterocycles. The molecule has 0 aromatic heterocycles. The van der Waals surface area contributed by atoms with Gasteiger partial charge in [0.2, 0.25) is 0 Å². The molecule has 1 aliphatic heterocycles. The van der Waals surface area contributed by atoms with E-state index in [9.17, 15) is 0 Å². The van der Waals surface area contributed by atoms with Gasteiger partial charge in [-0.15, -0.1) is 0 Å². The Bertz CT molecular complexity index is 433. The Labute approximate surface area is 108 Å². The van der Waals surface area contributed by atoms with Gasteiger partial charge in [-0.25, -0.2) is 0 Å². The minimum absolute atomic E-state index is 0.619. The van der Waals surface area contributed by atoms with Gasteiger partial charge < -0.3 is 15.4 Å². The Hall–Kier alpha value is -1.73. The number of nitriles is 1. The van der Waals surface area contributed by atoms with Crippen LogP contribution >= 0.6 is 0 Å². The van der Waals surface area contributed by atoms with Crippen molar-refractivity contribution in [1.29, 1.82) is 5.26 Å². The van der Waals surface area contributed by atoms with Crippen molar-refractivity contribution in [3.05, 3.63) is 23.8 Å². The number of hydrogen-bond donors (Lipinski definition) is 2. The zero-order valence-corrected chi connectivity index (χ0v) is 10.7. The number of rotatable bonds is 5. The predicted octanol–water partition coefficient (Wildman–Crippen LogP) is 2.12. The molecule has 0 bridgehead atoms. The minimum Gasteiger partial charge on any atom is -0.497 e. The van der Waals surface area contributed by atoms with E-state index in [4.69, 9.17) is 10.00 Å². The van der Waals surface area contributed by atoms with Crippen LogP contribution in [-0.4, -0.2) is 26.2 Å². The van der Waals surface area contributed by atoms with E-state index in [1.54, 1.807) is 13.2 Å². The molecule has 1 aromatic carbocycles. The van der Waals surface area contributed by atoms with Gasteiger partial charge in [-0.2, -0.15) is 5.26 Å². The fraction of sp³-hybridized carbons (Fsp3) is 0.500. The summed E-state index contributed by atoms with van der Waals surface area (Å²) in [5, 5.41) is 15.8. The molecule has 96 valence electrons. The molecule has 1 heterocycles. The highest BCUT2D eigenvalue weighted by Gasteiger charge is 2.13. The van der Waals surface area contributed by atoms with E-state index in [2.05, 4.69) is 16.7 Å². The van der Waals surface area contributed by atoms with Crippen LogP contribution in [0.1, 0.15) is 24.8 Å². The lowest BCUT2D eigenvalue weighted by atomic mass is 10.1. The largest absolute Gasteiger partial charge is 0.497 e. The summed E-state index contributed by atoms with van der Waals surface area (Å²) in [6.07, 6.45) is 3.61. The summed E-state index contributed by atoms with van der Waals surface area (Å²) in [5.74, 6) is 0.774. The molecule has 2 N–H and O–H groups in total. The number of methoxy groups -OCH3 is 1. The highest BCUT2D eigenvalue weighted by atomic mass is 16.5. The van der Waals surface area contributed by atoms with Gasteiger partial charge >= 0.3 is 0 Å². The zero-order valence-electron chi connectivity index (χ0n) is 10.7. The van der Waals surface area contributed by atoms with E-state index < -0.39 is 0 Å². The highest BCUT2D eigenvalue weighted by molar-refractivity contribution is 5.60. The van der Waals surface area contributed by atoms with Crippen LogP contribution in [0, 0.1) is 11.3 Å². The van der Waals surface area contributed by atoms with Crippen molar-refractivity contribution in [1.82, 2.24) is 5.32 Å². The monoisotopic (exact) mass is 245 g/mol. The van der Waals surface area contributed by atoms with Crippen molar-refractivity contribution < 1.29 is 4.74 Å². The Morgan fingerprint density at radius 3 is 3.11 bits per heavy atom. The molecule has 0 saturated carbocycles. The second-order valence-electron chi connectivity index (χ2n) is 4.53. The number of ether oxygens (including phenoxy) is 1. The van der Waals surface area contributed by atoms with Gasteiger partial charge in [0.25, 0.3) is 0 Å². The van der Waals surface area contributed by atoms with E-state index in [0.29, 0.717) is 11.6 Å². The first-order valence-electron chi connectivity index (χ1n) is 6.39. The standard InChI is InChI=1S/C14H19N3O/c1-18-13-5-4-11(10-15)14(9-13)17-8-6-12-3-2-7-16-12/h4-5,9,12,16-17H,2-3,6-8H2,1H3. The Kier molecular flexibility index (Phi) is 4.43. The predicted molar refractivity (Wildman–Crippen MR) is 71.8 cm³/mol. The molecule has 0 amide bonds. The van der Waals surface area contributed by atoms with Crippen LogP contribution in [0.4, 0.5) is 5.69 Å². The van der Waals surface area contributed by atoms with Crippen LogP contribution in [0.25, 0.3) is 0 Å². The topological polar surface area (TPSA) is 57.1 Å². The SMILES string of the molecule is COc1ccc(C#N)c(NCCC2CCCN2)c1. The van der Waals surface area contributed by atoms with E-state index in [0.717, 1.165) is 30.9 Å². The van der Waals surface area contributed by atoms with Crippen LogP contribution in [-0.2, 0) is 0 Å². The second-order valence-corrected chi connectivity index (χ2v) is 4.53. The molecule has 0 aliphatic carbocycles. The number of benzene rings is 1. The Morgan fingerprint density at radius 2 is 2.44 bits per heavy atom. The second kappa shape index (κ2) is 6.27. The lowest BCUT2D eigenvalue weighted by Crippen LogP contribution is -2.24. The molecule has 1 aromatic rings. The van der Waals surface area contributed by atoms with Gasteiger partial charge in [-0.05, 0) is 37.9 Å². The third kappa shape index (κ3) is 3.14. The minimum atomic E-state index is 0.619. The van der Waals surface area contributed by atoms with Crippen molar-refractivity contribution in [2.45, 2.75) is 25.3 Å². The Morgan fingerprint density at radius 1 is 1.56 bits per heavy atom. The van der Waals surface area contributed by atoms with Crippen LogP contribution < -0.4 is 15.4 Å². The van der Waals surface area contributed by atoms with Crippen molar-refractivity contribution in [3.63, 3.8) is 0 Å². The molecule has 4 heteroatoms. The molecular formula is C14H19N3O. The van der Waals surface area contributed by atoms with Gasteiger partial charge in [0.1, 0.15) is 11.8 Å². The van der Waals surface area contributed by atoms with Crippen LogP contribution in [0.2, 0.25) is 0 Å². The molecule has 4 nitrogen and oxygen atoms in total. The number of hydrogen-bond acceptors (Lipinski definition) is 4. The van der Waals surface area contributed by atoms with Crippen molar-refractivity contribution in [2.24, 2.45) is 0 Å². The summed E-state index contributed by atoms with van der Waals surface area (Å²) in [6.45, 7) is 2.01. The van der Waals surface area contributed by atoms with Crippen LogP contribution in [0.3, 0.4) is 0 Å². The molecule has 0 spiro atoms. The van der Waals surface area contributed by atoms with E-state index >= 15 is 0 Å². The third-order valence-corrected chi connectivity index (χ3v) is 3.32. The maximum Gasteiger partial charge on any atom is 0.121 e. The normalized spacial score (nSPS) is 18.3. The van der Waals surface area contributed by atoms with Gasteiger partial charge in [0.05, 0.1) is 18.4 Å². The number of nitrogens with one attached hydrogen (secondary N) is 2. The van der Waals surface area contributed by atoms with Crippen LogP contribution in [0.5, 0.6) is 5.75 Å². The van der Waals surface area contributed by atoms with Gasteiger partial charge in [0, 0.05) is 18.7 Å². The summed E-state index contributed by atoms with van der Waals surface area (Å²) >= 11 is 0. The molecule has 18 heavy (non-hydrogen) atoms. The lowest BCUT2D eigenvalue weighted by molar-refractivity contribution is 0.415. The summed E-state index contributed by atoms with van der Waals surface area (Å²) in [6, 6.07) is 8.28. The average Bonchev–Trinajstić information content (AvgIpc) is 2.92. The maximum atomic E-state index is 9.05. The van der Waals surface area contributed by atoms with Crippen molar-refractivity contribution in [3.8, 4) is 11.8 Å². The molecule has 2 rings (SSSR count). The highest BCUT2D eigenvalue weighted by Crippen LogP contribution is 2.22. The van der Waals surface area contributed by atoms with E-state index in [1.807, 2.05) is 12.1 Å². The van der Waals surface area contributed by atoms with E-state index in [1.165, 1.54) is 12.8 Å². The first-order chi connectivity index (χ1) is 8.83. The number of nitrogens with zero attached hydrogens (tertiary/aromatic N) is 1. The van der Waals surface area contributed by atoms with Crippen molar-refractivity contribution >= 4 is 5.69 Å². The summed E-state index contributed by atoms with van der Waals surface area (Å²) < 4.78 is 5.17.